The van der Waals surface area contributed by atoms with Crippen molar-refractivity contribution < 1.29 is 9.59 Å². The average Bonchev–Trinajstić information content (AvgIpc) is 2.71. The van der Waals surface area contributed by atoms with Crippen LogP contribution in [0.2, 0.25) is 5.02 Å². The van der Waals surface area contributed by atoms with Crippen LogP contribution in [0.4, 0.5) is 5.69 Å². The Morgan fingerprint density at radius 3 is 2.61 bits per heavy atom. The number of benzene rings is 2. The second kappa shape index (κ2) is 9.48. The van der Waals surface area contributed by atoms with Crippen molar-refractivity contribution in [2.45, 2.75) is 0 Å². The van der Waals surface area contributed by atoms with E-state index in [1.54, 1.807) is 36.5 Å². The summed E-state index contributed by atoms with van der Waals surface area (Å²) in [6.07, 6.45) is 5.54. The summed E-state index contributed by atoms with van der Waals surface area (Å²) in [5.74, 6) is -0.675. The third-order valence-electron chi connectivity index (χ3n) is 3.80. The molecule has 2 aromatic carbocycles. The van der Waals surface area contributed by atoms with E-state index < -0.39 is 0 Å². The first kappa shape index (κ1) is 19.3. The first-order chi connectivity index (χ1) is 13.6. The van der Waals surface area contributed by atoms with Crippen LogP contribution < -0.4 is 10.6 Å². The monoisotopic (exact) mass is 391 g/mol. The van der Waals surface area contributed by atoms with E-state index in [-0.39, 0.29) is 18.4 Å². The highest BCUT2D eigenvalue weighted by molar-refractivity contribution is 6.31. The zero-order chi connectivity index (χ0) is 19.8. The molecule has 6 heteroatoms. The van der Waals surface area contributed by atoms with Crippen LogP contribution >= 0.6 is 11.6 Å². The van der Waals surface area contributed by atoms with Crippen LogP contribution in [-0.2, 0) is 4.79 Å². The molecule has 3 rings (SSSR count). The summed E-state index contributed by atoms with van der Waals surface area (Å²) in [6, 6.07) is 19.6. The van der Waals surface area contributed by atoms with Crippen molar-refractivity contribution in [3.63, 3.8) is 0 Å². The lowest BCUT2D eigenvalue weighted by Gasteiger charge is -2.08. The maximum atomic E-state index is 12.1. The normalized spacial score (nSPS) is 10.6. The molecular weight excluding hydrogens is 374 g/mol. The van der Waals surface area contributed by atoms with Crippen LogP contribution in [0.1, 0.15) is 21.6 Å². The molecule has 0 atom stereocenters. The zero-order valence-electron chi connectivity index (χ0n) is 14.9. The van der Waals surface area contributed by atoms with Crippen molar-refractivity contribution in [2.24, 2.45) is 0 Å². The minimum atomic E-state index is -0.357. The Morgan fingerprint density at radius 1 is 0.964 bits per heavy atom. The molecule has 0 aliphatic carbocycles. The van der Waals surface area contributed by atoms with Gasteiger partial charge in [0, 0.05) is 22.5 Å². The number of amides is 2. The fourth-order valence-corrected chi connectivity index (χ4v) is 2.66. The summed E-state index contributed by atoms with van der Waals surface area (Å²) >= 11 is 5.87. The number of halogens is 1. The number of carbonyl (C=O) groups excluding carboxylic acids is 2. The van der Waals surface area contributed by atoms with Gasteiger partial charge >= 0.3 is 0 Å². The summed E-state index contributed by atoms with van der Waals surface area (Å²) in [7, 11) is 0. The number of nitrogens with zero attached hydrogens (tertiary/aromatic N) is 1. The number of anilines is 1. The first-order valence-corrected chi connectivity index (χ1v) is 9.01. The highest BCUT2D eigenvalue weighted by Gasteiger charge is 2.08. The number of nitrogens with one attached hydrogen (secondary N) is 2. The van der Waals surface area contributed by atoms with Gasteiger partial charge in [-0.1, -0.05) is 41.9 Å². The molecular formula is C22H18ClN3O2. The number of rotatable bonds is 6. The van der Waals surface area contributed by atoms with Crippen molar-refractivity contribution in [3.8, 4) is 0 Å². The summed E-state index contributed by atoms with van der Waals surface area (Å²) < 4.78 is 0. The minimum Gasteiger partial charge on any atom is -0.343 e. The Balaban J connectivity index is 1.55. The molecule has 2 amide bonds. The third-order valence-corrected chi connectivity index (χ3v) is 4.04. The molecule has 5 nitrogen and oxygen atoms in total. The van der Waals surface area contributed by atoms with E-state index in [1.807, 2.05) is 48.6 Å². The van der Waals surface area contributed by atoms with Crippen LogP contribution in [0.25, 0.3) is 12.2 Å². The molecule has 0 unspecified atom stereocenters. The molecule has 28 heavy (non-hydrogen) atoms. The molecule has 0 spiro atoms. The topological polar surface area (TPSA) is 71.1 Å². The highest BCUT2D eigenvalue weighted by Crippen LogP contribution is 2.13. The van der Waals surface area contributed by atoms with Gasteiger partial charge in [0.05, 0.1) is 12.2 Å². The summed E-state index contributed by atoms with van der Waals surface area (Å²) in [5, 5.41) is 5.81. The molecule has 0 aliphatic heterocycles. The molecule has 2 N–H and O–H groups in total. The van der Waals surface area contributed by atoms with Gasteiger partial charge in [0.1, 0.15) is 0 Å². The quantitative estimate of drug-likeness (QED) is 0.659. The summed E-state index contributed by atoms with van der Waals surface area (Å²) in [5.41, 5.74) is 2.82. The van der Waals surface area contributed by atoms with E-state index in [9.17, 15) is 9.59 Å². The zero-order valence-corrected chi connectivity index (χ0v) is 15.7. The van der Waals surface area contributed by atoms with Crippen molar-refractivity contribution >= 4 is 41.3 Å². The maximum absolute atomic E-state index is 12.1. The lowest BCUT2D eigenvalue weighted by Crippen LogP contribution is -2.32. The molecule has 0 saturated heterocycles. The van der Waals surface area contributed by atoms with Crippen molar-refractivity contribution in [2.75, 3.05) is 11.9 Å². The van der Waals surface area contributed by atoms with Gasteiger partial charge < -0.3 is 10.6 Å². The summed E-state index contributed by atoms with van der Waals surface area (Å²) in [4.78, 5) is 28.4. The van der Waals surface area contributed by atoms with E-state index in [1.165, 1.54) is 0 Å². The molecule has 0 radical (unpaired) electrons. The van der Waals surface area contributed by atoms with Gasteiger partial charge in [0.25, 0.3) is 5.91 Å². The van der Waals surface area contributed by atoms with Gasteiger partial charge in [-0.15, -0.1) is 0 Å². The van der Waals surface area contributed by atoms with Crippen LogP contribution in [0.5, 0.6) is 0 Å². The van der Waals surface area contributed by atoms with E-state index in [0.717, 1.165) is 11.3 Å². The van der Waals surface area contributed by atoms with Gasteiger partial charge in [-0.05, 0) is 54.1 Å². The Bertz CT molecular complexity index is 1000. The number of carbonyl (C=O) groups is 2. The van der Waals surface area contributed by atoms with E-state index in [0.29, 0.717) is 16.3 Å². The second-order valence-corrected chi connectivity index (χ2v) is 6.39. The molecule has 140 valence electrons. The second-order valence-electron chi connectivity index (χ2n) is 5.95. The van der Waals surface area contributed by atoms with Gasteiger partial charge in [0.15, 0.2) is 0 Å². The minimum absolute atomic E-state index is 0.140. The lowest BCUT2D eigenvalue weighted by molar-refractivity contribution is -0.115. The SMILES string of the molecule is O=C(CNC(=O)c1cccc(Cl)c1)Nc1cccc(C=Cc2ccccn2)c1. The molecule has 0 saturated carbocycles. The van der Waals surface area contributed by atoms with Gasteiger partial charge in [0.2, 0.25) is 5.91 Å². The molecule has 0 aliphatic rings. The van der Waals surface area contributed by atoms with Crippen LogP contribution in [-0.4, -0.2) is 23.3 Å². The number of hydrogen-bond acceptors (Lipinski definition) is 3. The summed E-state index contributed by atoms with van der Waals surface area (Å²) in [6.45, 7) is -0.140. The maximum Gasteiger partial charge on any atom is 0.251 e. The van der Waals surface area contributed by atoms with Crippen molar-refractivity contribution in [1.29, 1.82) is 0 Å². The Hall–Kier alpha value is -3.44. The lowest BCUT2D eigenvalue weighted by atomic mass is 10.1. The molecule has 1 aromatic heterocycles. The number of aromatic nitrogens is 1. The Morgan fingerprint density at radius 2 is 1.82 bits per heavy atom. The molecule has 0 bridgehead atoms. The van der Waals surface area contributed by atoms with E-state index >= 15 is 0 Å². The highest BCUT2D eigenvalue weighted by atomic mass is 35.5. The van der Waals surface area contributed by atoms with Gasteiger partial charge in [-0.2, -0.15) is 0 Å². The van der Waals surface area contributed by atoms with E-state index in [2.05, 4.69) is 15.6 Å². The fourth-order valence-electron chi connectivity index (χ4n) is 2.47. The molecule has 0 fully saturated rings. The molecule has 3 aromatic rings. The van der Waals surface area contributed by atoms with Crippen molar-refractivity contribution in [3.05, 3.63) is 94.8 Å². The Labute approximate surface area is 168 Å². The predicted octanol–water partition coefficient (Wildman–Crippen LogP) is 4.27. The smallest absolute Gasteiger partial charge is 0.251 e. The van der Waals surface area contributed by atoms with Gasteiger partial charge in [-0.25, -0.2) is 0 Å². The standard InChI is InChI=1S/C22H18ClN3O2/c23-18-7-4-6-17(14-18)22(28)25-15-21(27)26-20-9-3-5-16(13-20)10-11-19-8-1-2-12-24-19/h1-14H,15H2,(H,25,28)(H,26,27). The predicted molar refractivity (Wildman–Crippen MR) is 112 cm³/mol. The fraction of sp³-hybridized carbons (Fsp3) is 0.0455. The molecule has 1 heterocycles. The Kier molecular flexibility index (Phi) is 6.54. The third kappa shape index (κ3) is 5.79. The van der Waals surface area contributed by atoms with Crippen LogP contribution in [0, 0.1) is 0 Å². The number of hydrogen-bond donors (Lipinski definition) is 2. The van der Waals surface area contributed by atoms with Crippen LogP contribution in [0.3, 0.4) is 0 Å². The number of pyridine rings is 1. The van der Waals surface area contributed by atoms with Gasteiger partial charge in [-0.3, -0.25) is 14.6 Å². The van der Waals surface area contributed by atoms with E-state index in [4.69, 9.17) is 11.6 Å². The van der Waals surface area contributed by atoms with Crippen molar-refractivity contribution in [1.82, 2.24) is 10.3 Å². The van der Waals surface area contributed by atoms with Crippen LogP contribution in [0.15, 0.2) is 72.9 Å². The largest absolute Gasteiger partial charge is 0.343 e. The average molecular weight is 392 g/mol. The first-order valence-electron chi connectivity index (χ1n) is 8.63.